The Morgan fingerprint density at radius 2 is 1.53 bits per heavy atom. The van der Waals surface area contributed by atoms with Gasteiger partial charge >= 0.3 is 6.36 Å². The second kappa shape index (κ2) is 9.03. The van der Waals surface area contributed by atoms with Gasteiger partial charge in [0, 0.05) is 0 Å². The van der Waals surface area contributed by atoms with Crippen LogP contribution in [-0.4, -0.2) is 6.36 Å². The Balaban J connectivity index is 1.40. The lowest BCUT2D eigenvalue weighted by Gasteiger charge is -2.36. The number of halogens is 3. The van der Waals surface area contributed by atoms with Crippen molar-refractivity contribution in [3.05, 3.63) is 53.6 Å². The van der Waals surface area contributed by atoms with Crippen LogP contribution in [0.4, 0.5) is 13.2 Å². The quantitative estimate of drug-likeness (QED) is 0.480. The third-order valence-electron chi connectivity index (χ3n) is 7.15. The SMILES string of the molecule is CCCC1CCC(C2CCc3cc(-c4ccc(OC(F)(F)F)cc4)ccc3C2)CC1. The summed E-state index contributed by atoms with van der Waals surface area (Å²) in [6, 6.07) is 12.7. The zero-order valence-corrected chi connectivity index (χ0v) is 17.7. The van der Waals surface area contributed by atoms with E-state index in [4.69, 9.17) is 0 Å². The van der Waals surface area contributed by atoms with Crippen molar-refractivity contribution < 1.29 is 17.9 Å². The van der Waals surface area contributed by atoms with E-state index in [-0.39, 0.29) is 5.75 Å². The molecule has 0 aliphatic heterocycles. The van der Waals surface area contributed by atoms with Gasteiger partial charge in [-0.2, -0.15) is 0 Å². The number of aryl methyl sites for hydroxylation is 1. The fourth-order valence-electron chi connectivity index (χ4n) is 5.57. The number of benzene rings is 2. The molecule has 1 saturated carbocycles. The number of hydrogen-bond donors (Lipinski definition) is 0. The third kappa shape index (κ3) is 5.19. The number of ether oxygens (including phenoxy) is 1. The summed E-state index contributed by atoms with van der Waals surface area (Å²) in [4.78, 5) is 0. The van der Waals surface area contributed by atoms with Crippen molar-refractivity contribution in [1.29, 1.82) is 0 Å². The van der Waals surface area contributed by atoms with E-state index in [0.29, 0.717) is 0 Å². The van der Waals surface area contributed by atoms with Gasteiger partial charge in [-0.05, 0) is 84.2 Å². The van der Waals surface area contributed by atoms with E-state index in [1.165, 1.54) is 74.6 Å². The van der Waals surface area contributed by atoms with Crippen LogP contribution in [0.5, 0.6) is 5.75 Å². The maximum atomic E-state index is 12.4. The van der Waals surface area contributed by atoms with Crippen molar-refractivity contribution in [3.8, 4) is 16.9 Å². The normalized spacial score (nSPS) is 24.3. The molecule has 0 aromatic heterocycles. The Hall–Kier alpha value is -1.97. The molecule has 1 atom stereocenters. The molecule has 1 nitrogen and oxygen atoms in total. The first kappa shape index (κ1) is 21.3. The van der Waals surface area contributed by atoms with Crippen LogP contribution in [0.1, 0.15) is 63.0 Å². The van der Waals surface area contributed by atoms with Crippen molar-refractivity contribution in [1.82, 2.24) is 0 Å². The van der Waals surface area contributed by atoms with Crippen molar-refractivity contribution in [2.45, 2.75) is 71.1 Å². The number of hydrogen-bond acceptors (Lipinski definition) is 1. The summed E-state index contributed by atoms with van der Waals surface area (Å²) < 4.78 is 41.0. The maximum absolute atomic E-state index is 12.4. The molecule has 0 saturated heterocycles. The van der Waals surface area contributed by atoms with E-state index < -0.39 is 6.36 Å². The highest BCUT2D eigenvalue weighted by Gasteiger charge is 2.31. The van der Waals surface area contributed by atoms with Crippen LogP contribution in [0.15, 0.2) is 42.5 Å². The molecule has 30 heavy (non-hydrogen) atoms. The predicted octanol–water partition coefficient (Wildman–Crippen LogP) is 7.96. The molecule has 2 aliphatic carbocycles. The average molecular weight is 417 g/mol. The van der Waals surface area contributed by atoms with Gasteiger partial charge < -0.3 is 4.74 Å². The number of alkyl halides is 3. The van der Waals surface area contributed by atoms with Gasteiger partial charge in [-0.3, -0.25) is 0 Å². The van der Waals surface area contributed by atoms with Crippen LogP contribution in [0, 0.1) is 17.8 Å². The molecule has 0 spiro atoms. The number of fused-ring (bicyclic) bond motifs is 1. The smallest absolute Gasteiger partial charge is 0.406 e. The molecule has 0 amide bonds. The summed E-state index contributed by atoms with van der Waals surface area (Å²) >= 11 is 0. The molecule has 4 rings (SSSR count). The Labute approximate surface area is 177 Å². The molecule has 1 fully saturated rings. The monoisotopic (exact) mass is 416 g/mol. The largest absolute Gasteiger partial charge is 0.573 e. The molecule has 1 unspecified atom stereocenters. The van der Waals surface area contributed by atoms with Crippen LogP contribution in [-0.2, 0) is 12.8 Å². The third-order valence-corrected chi connectivity index (χ3v) is 7.15. The van der Waals surface area contributed by atoms with Crippen LogP contribution >= 0.6 is 0 Å². The van der Waals surface area contributed by atoms with E-state index in [1.807, 2.05) is 0 Å². The molecule has 0 radical (unpaired) electrons. The first-order valence-corrected chi connectivity index (χ1v) is 11.4. The molecule has 162 valence electrons. The minimum Gasteiger partial charge on any atom is -0.406 e. The Morgan fingerprint density at radius 1 is 0.833 bits per heavy atom. The maximum Gasteiger partial charge on any atom is 0.573 e. The van der Waals surface area contributed by atoms with E-state index in [1.54, 1.807) is 12.1 Å². The molecule has 2 aromatic carbocycles. The van der Waals surface area contributed by atoms with Crippen LogP contribution < -0.4 is 4.74 Å². The zero-order chi connectivity index (χ0) is 21.1. The van der Waals surface area contributed by atoms with E-state index in [9.17, 15) is 13.2 Å². The van der Waals surface area contributed by atoms with Gasteiger partial charge in [-0.25, -0.2) is 0 Å². The van der Waals surface area contributed by atoms with E-state index in [0.717, 1.165) is 35.3 Å². The van der Waals surface area contributed by atoms with Crippen molar-refractivity contribution >= 4 is 0 Å². The van der Waals surface area contributed by atoms with E-state index >= 15 is 0 Å². The highest BCUT2D eigenvalue weighted by molar-refractivity contribution is 5.66. The van der Waals surface area contributed by atoms with E-state index in [2.05, 4.69) is 29.9 Å². The highest BCUT2D eigenvalue weighted by Crippen LogP contribution is 2.41. The lowest BCUT2D eigenvalue weighted by atomic mass is 9.69. The highest BCUT2D eigenvalue weighted by atomic mass is 19.4. The Morgan fingerprint density at radius 3 is 2.20 bits per heavy atom. The summed E-state index contributed by atoms with van der Waals surface area (Å²) in [6.45, 7) is 2.29. The fourth-order valence-corrected chi connectivity index (χ4v) is 5.57. The Bertz CT molecular complexity index is 832. The summed E-state index contributed by atoms with van der Waals surface area (Å²) in [5.74, 6) is 2.47. The van der Waals surface area contributed by atoms with Gasteiger partial charge in [0.15, 0.2) is 0 Å². The summed E-state index contributed by atoms with van der Waals surface area (Å²) in [6.07, 6.45) is 7.22. The Kier molecular flexibility index (Phi) is 6.40. The van der Waals surface area contributed by atoms with Gasteiger partial charge in [-0.15, -0.1) is 13.2 Å². The van der Waals surface area contributed by atoms with Crippen LogP contribution in [0.2, 0.25) is 0 Å². The summed E-state index contributed by atoms with van der Waals surface area (Å²) in [7, 11) is 0. The van der Waals surface area contributed by atoms with Gasteiger partial charge in [0.05, 0.1) is 0 Å². The molecule has 0 heterocycles. The lowest BCUT2D eigenvalue weighted by Crippen LogP contribution is -2.26. The first-order chi connectivity index (χ1) is 14.4. The van der Waals surface area contributed by atoms with Crippen LogP contribution in [0.3, 0.4) is 0 Å². The topological polar surface area (TPSA) is 9.23 Å². The molecule has 0 N–H and O–H groups in total. The second-order valence-corrected chi connectivity index (χ2v) is 9.13. The van der Waals surface area contributed by atoms with Crippen LogP contribution in [0.25, 0.3) is 11.1 Å². The molecule has 0 bridgehead atoms. The van der Waals surface area contributed by atoms with Gasteiger partial charge in [-0.1, -0.05) is 62.9 Å². The lowest BCUT2D eigenvalue weighted by molar-refractivity contribution is -0.274. The fraction of sp³-hybridized carbons (Fsp3) is 0.538. The zero-order valence-electron chi connectivity index (χ0n) is 17.7. The molecular weight excluding hydrogens is 385 g/mol. The van der Waals surface area contributed by atoms with Crippen molar-refractivity contribution in [3.63, 3.8) is 0 Å². The van der Waals surface area contributed by atoms with Gasteiger partial charge in [0.2, 0.25) is 0 Å². The molecule has 2 aromatic rings. The van der Waals surface area contributed by atoms with Gasteiger partial charge in [0.1, 0.15) is 5.75 Å². The van der Waals surface area contributed by atoms with Crippen molar-refractivity contribution in [2.24, 2.45) is 17.8 Å². The van der Waals surface area contributed by atoms with Gasteiger partial charge in [0.25, 0.3) is 0 Å². The standard InChI is InChI=1S/C26H31F3O/c1-2-3-18-4-6-19(7-5-18)21-8-10-24-17-22(9-11-23(24)16-21)20-12-14-25(15-13-20)30-26(27,28)29/h9,11-15,17-19,21H,2-8,10,16H2,1H3. The second-order valence-electron chi connectivity index (χ2n) is 9.13. The summed E-state index contributed by atoms with van der Waals surface area (Å²) in [5, 5.41) is 0. The first-order valence-electron chi connectivity index (χ1n) is 11.4. The van der Waals surface area contributed by atoms with Crippen molar-refractivity contribution in [2.75, 3.05) is 0 Å². The average Bonchev–Trinajstić information content (AvgIpc) is 2.73. The molecule has 4 heteroatoms. The number of rotatable bonds is 5. The molecular formula is C26H31F3O. The predicted molar refractivity (Wildman–Crippen MR) is 114 cm³/mol. The minimum atomic E-state index is -4.65. The molecule has 2 aliphatic rings. The summed E-state index contributed by atoms with van der Waals surface area (Å²) in [5.41, 5.74) is 4.84. The minimum absolute atomic E-state index is 0.180.